The largest absolute Gasteiger partial charge is 0.385 e. The lowest BCUT2D eigenvalue weighted by molar-refractivity contribution is -0.110. The number of carbonyl (C=O) groups excluding carboxylic acids is 1. The van der Waals surface area contributed by atoms with Crippen LogP contribution in [-0.4, -0.2) is 38.5 Å². The molecule has 2 aromatic rings. The molecule has 0 bridgehead atoms. The number of hydrogen-bond donors (Lipinski definition) is 1. The molecule has 3 atom stereocenters. The zero-order valence-corrected chi connectivity index (χ0v) is 14.2. The highest BCUT2D eigenvalue weighted by molar-refractivity contribution is 5.92. The molecule has 0 spiro atoms. The van der Waals surface area contributed by atoms with Crippen LogP contribution in [0.15, 0.2) is 48.9 Å². The first kappa shape index (κ1) is 16.2. The fourth-order valence-corrected chi connectivity index (χ4v) is 4.59. The molecule has 5 heteroatoms. The zero-order valence-electron chi connectivity index (χ0n) is 14.2. The van der Waals surface area contributed by atoms with E-state index in [0.29, 0.717) is 18.7 Å². The first-order valence-corrected chi connectivity index (χ1v) is 9.05. The topological polar surface area (TPSA) is 66.3 Å². The van der Waals surface area contributed by atoms with Gasteiger partial charge in [0.15, 0.2) is 0 Å². The Morgan fingerprint density at radius 1 is 1.16 bits per heavy atom. The molecule has 3 unspecified atom stereocenters. The summed E-state index contributed by atoms with van der Waals surface area (Å²) in [5.41, 5.74) is 0.555. The van der Waals surface area contributed by atoms with Crippen LogP contribution in [0.25, 0.3) is 0 Å². The van der Waals surface area contributed by atoms with Gasteiger partial charge in [0.2, 0.25) is 0 Å². The molecule has 1 amide bonds. The Morgan fingerprint density at radius 2 is 1.96 bits per heavy atom. The Bertz CT molecular complexity index is 737. The fraction of sp³-hybridized carbons (Fsp3) is 0.450. The van der Waals surface area contributed by atoms with Crippen LogP contribution < -0.4 is 0 Å². The Hall–Kier alpha value is -2.27. The van der Waals surface area contributed by atoms with E-state index in [1.54, 1.807) is 12.3 Å². The average Bonchev–Trinajstić information content (AvgIpc) is 2.69. The highest BCUT2D eigenvalue weighted by atomic mass is 16.3. The second-order valence-electron chi connectivity index (χ2n) is 7.09. The van der Waals surface area contributed by atoms with Gasteiger partial charge in [-0.1, -0.05) is 43.2 Å². The van der Waals surface area contributed by atoms with Crippen LogP contribution in [0.4, 0.5) is 0 Å². The van der Waals surface area contributed by atoms with Gasteiger partial charge in [-0.25, -0.2) is 9.97 Å². The van der Waals surface area contributed by atoms with Crippen LogP contribution in [0.3, 0.4) is 0 Å². The summed E-state index contributed by atoms with van der Waals surface area (Å²) < 4.78 is 0. The van der Waals surface area contributed by atoms with Crippen molar-refractivity contribution in [1.82, 2.24) is 14.9 Å². The molecule has 1 aliphatic carbocycles. The number of amides is 1. The van der Waals surface area contributed by atoms with Gasteiger partial charge in [-0.05, 0) is 30.9 Å². The van der Waals surface area contributed by atoms with Gasteiger partial charge >= 0.3 is 0 Å². The number of aromatic nitrogens is 2. The zero-order chi connectivity index (χ0) is 17.3. The number of carbonyl (C=O) groups is 1. The van der Waals surface area contributed by atoms with Gasteiger partial charge in [0.1, 0.15) is 12.0 Å². The number of fused-ring (bicyclic) bond motifs is 1. The van der Waals surface area contributed by atoms with Crippen molar-refractivity contribution in [3.8, 4) is 0 Å². The summed E-state index contributed by atoms with van der Waals surface area (Å²) in [5, 5.41) is 11.5. The molecule has 1 saturated carbocycles. The van der Waals surface area contributed by atoms with Crippen LogP contribution in [-0.2, 0) is 5.60 Å². The number of likely N-dealkylation sites (tertiary alicyclic amines) is 1. The van der Waals surface area contributed by atoms with Crippen molar-refractivity contribution < 1.29 is 9.90 Å². The minimum Gasteiger partial charge on any atom is -0.385 e. The van der Waals surface area contributed by atoms with Crippen LogP contribution in [0.1, 0.15) is 48.2 Å². The molecule has 0 radical (unpaired) electrons. The molecular weight excluding hydrogens is 314 g/mol. The first-order chi connectivity index (χ1) is 12.2. The lowest BCUT2D eigenvalue weighted by Gasteiger charge is -2.52. The third-order valence-corrected chi connectivity index (χ3v) is 5.81. The second kappa shape index (κ2) is 6.56. The Kier molecular flexibility index (Phi) is 4.25. The molecule has 2 fully saturated rings. The molecule has 2 heterocycles. The fourth-order valence-electron chi connectivity index (χ4n) is 4.59. The molecule has 4 rings (SSSR count). The number of hydrogen-bond acceptors (Lipinski definition) is 4. The Balaban J connectivity index is 1.66. The van der Waals surface area contributed by atoms with Gasteiger partial charge < -0.3 is 10.0 Å². The lowest BCUT2D eigenvalue weighted by atomic mass is 9.66. The lowest BCUT2D eigenvalue weighted by Crippen LogP contribution is -2.59. The van der Waals surface area contributed by atoms with Crippen molar-refractivity contribution in [3.63, 3.8) is 0 Å². The maximum atomic E-state index is 13.0. The molecule has 2 aliphatic rings. The summed E-state index contributed by atoms with van der Waals surface area (Å²) in [4.78, 5) is 22.9. The molecule has 1 N–H and O–H groups in total. The van der Waals surface area contributed by atoms with Crippen LogP contribution in [0.5, 0.6) is 0 Å². The third kappa shape index (κ3) is 2.82. The summed E-state index contributed by atoms with van der Waals surface area (Å²) in [6, 6.07) is 11.7. The van der Waals surface area contributed by atoms with E-state index >= 15 is 0 Å². The Labute approximate surface area is 147 Å². The van der Waals surface area contributed by atoms with Crippen molar-refractivity contribution in [3.05, 3.63) is 60.2 Å². The predicted octanol–water partition coefficient (Wildman–Crippen LogP) is 2.77. The molecular formula is C20H23N3O2. The number of rotatable bonds is 2. The normalized spacial score (nSPS) is 29.1. The summed E-state index contributed by atoms with van der Waals surface area (Å²) in [7, 11) is 0. The van der Waals surface area contributed by atoms with Crippen molar-refractivity contribution in [2.45, 2.75) is 43.7 Å². The van der Waals surface area contributed by atoms with E-state index in [1.165, 1.54) is 6.33 Å². The molecule has 5 nitrogen and oxygen atoms in total. The SMILES string of the molecule is O=C(c1ccncn1)N1CCC(O)(c2ccccc2)C2CCCCC21. The van der Waals surface area contributed by atoms with E-state index < -0.39 is 5.60 Å². The molecule has 130 valence electrons. The van der Waals surface area contributed by atoms with Gasteiger partial charge in [-0.2, -0.15) is 0 Å². The van der Waals surface area contributed by atoms with E-state index in [9.17, 15) is 9.90 Å². The van der Waals surface area contributed by atoms with E-state index in [1.807, 2.05) is 35.2 Å². The van der Waals surface area contributed by atoms with Crippen molar-refractivity contribution in [2.75, 3.05) is 6.54 Å². The minimum absolute atomic E-state index is 0.0468. The summed E-state index contributed by atoms with van der Waals surface area (Å²) in [6.45, 7) is 0.551. The highest BCUT2D eigenvalue weighted by Crippen LogP contribution is 2.47. The standard InChI is InChI=1S/C20H23N3O2/c24-19(17-10-12-21-14-22-17)23-13-11-20(25,15-6-2-1-3-7-15)16-8-4-5-9-18(16)23/h1-3,6-7,10,12,14,16,18,25H,4-5,8-9,11,13H2. The van der Waals surface area contributed by atoms with Crippen molar-refractivity contribution >= 4 is 5.91 Å². The van der Waals surface area contributed by atoms with E-state index in [2.05, 4.69) is 9.97 Å². The number of aliphatic hydroxyl groups is 1. The molecule has 1 aromatic carbocycles. The highest BCUT2D eigenvalue weighted by Gasteiger charge is 2.50. The van der Waals surface area contributed by atoms with Crippen molar-refractivity contribution in [2.24, 2.45) is 5.92 Å². The molecule has 25 heavy (non-hydrogen) atoms. The Morgan fingerprint density at radius 3 is 2.72 bits per heavy atom. The van der Waals surface area contributed by atoms with Gasteiger partial charge in [0, 0.05) is 24.7 Å². The maximum absolute atomic E-state index is 13.0. The first-order valence-electron chi connectivity index (χ1n) is 9.05. The number of piperidine rings is 1. The molecule has 1 saturated heterocycles. The van der Waals surface area contributed by atoms with E-state index in [4.69, 9.17) is 0 Å². The predicted molar refractivity (Wildman–Crippen MR) is 93.8 cm³/mol. The minimum atomic E-state index is -0.852. The quantitative estimate of drug-likeness (QED) is 0.915. The van der Waals surface area contributed by atoms with E-state index in [0.717, 1.165) is 31.2 Å². The number of nitrogens with zero attached hydrogens (tertiary/aromatic N) is 3. The summed E-state index contributed by atoms with van der Waals surface area (Å²) in [5.74, 6) is 0.0256. The average molecular weight is 337 g/mol. The number of benzene rings is 1. The van der Waals surface area contributed by atoms with Crippen molar-refractivity contribution in [1.29, 1.82) is 0 Å². The van der Waals surface area contributed by atoms with E-state index in [-0.39, 0.29) is 17.9 Å². The van der Waals surface area contributed by atoms with Gasteiger partial charge in [0.25, 0.3) is 5.91 Å². The monoisotopic (exact) mass is 337 g/mol. The molecule has 1 aliphatic heterocycles. The van der Waals surface area contributed by atoms with Crippen LogP contribution in [0.2, 0.25) is 0 Å². The maximum Gasteiger partial charge on any atom is 0.272 e. The second-order valence-corrected chi connectivity index (χ2v) is 7.09. The van der Waals surface area contributed by atoms with Gasteiger partial charge in [-0.15, -0.1) is 0 Å². The van der Waals surface area contributed by atoms with Crippen LogP contribution in [0, 0.1) is 5.92 Å². The summed E-state index contributed by atoms with van der Waals surface area (Å²) >= 11 is 0. The molecule has 1 aromatic heterocycles. The smallest absolute Gasteiger partial charge is 0.272 e. The van der Waals surface area contributed by atoms with Crippen LogP contribution >= 0.6 is 0 Å². The third-order valence-electron chi connectivity index (χ3n) is 5.81. The van der Waals surface area contributed by atoms with Gasteiger partial charge in [0.05, 0.1) is 5.60 Å². The van der Waals surface area contributed by atoms with Gasteiger partial charge in [-0.3, -0.25) is 4.79 Å². The summed E-state index contributed by atoms with van der Waals surface area (Å²) in [6.07, 6.45) is 7.67.